The van der Waals surface area contributed by atoms with Crippen molar-refractivity contribution in [3.05, 3.63) is 53.6 Å². The Bertz CT molecular complexity index is 624. The number of methoxy groups -OCH3 is 1. The third kappa shape index (κ3) is 2.54. The fraction of sp³-hybridized carbons (Fsp3) is 0.0714. The molecule has 2 N–H and O–H groups in total. The van der Waals surface area contributed by atoms with E-state index in [4.69, 9.17) is 5.73 Å². The number of hydrogen-bond acceptors (Lipinski definition) is 3. The Morgan fingerprint density at radius 3 is 2.32 bits per heavy atom. The molecule has 0 aromatic heterocycles. The lowest BCUT2D eigenvalue weighted by Crippen LogP contribution is -2.07. The summed E-state index contributed by atoms with van der Waals surface area (Å²) in [6.45, 7) is 0. The van der Waals surface area contributed by atoms with E-state index in [2.05, 4.69) is 4.74 Å². The number of rotatable bonds is 2. The molecule has 0 amide bonds. The predicted octanol–water partition coefficient (Wildman–Crippen LogP) is 3.00. The van der Waals surface area contributed by atoms with E-state index in [1.165, 1.54) is 37.4 Å². The summed E-state index contributed by atoms with van der Waals surface area (Å²) in [6.07, 6.45) is 0. The van der Waals surface area contributed by atoms with Gasteiger partial charge in [-0.05, 0) is 29.8 Å². The van der Waals surface area contributed by atoms with Crippen molar-refractivity contribution in [1.82, 2.24) is 0 Å². The van der Waals surface area contributed by atoms with Gasteiger partial charge in [0, 0.05) is 5.56 Å². The number of nitrogen functional groups attached to an aromatic ring is 1. The molecule has 3 nitrogen and oxygen atoms in total. The van der Waals surface area contributed by atoms with Crippen molar-refractivity contribution in [2.45, 2.75) is 0 Å². The van der Waals surface area contributed by atoms with Gasteiger partial charge in [0.1, 0.15) is 11.6 Å². The van der Waals surface area contributed by atoms with Crippen LogP contribution < -0.4 is 5.73 Å². The first-order valence-corrected chi connectivity index (χ1v) is 5.46. The Kier molecular flexibility index (Phi) is 3.46. The number of anilines is 1. The van der Waals surface area contributed by atoms with Crippen molar-refractivity contribution < 1.29 is 18.3 Å². The summed E-state index contributed by atoms with van der Waals surface area (Å²) in [5.74, 6) is -1.75. The van der Waals surface area contributed by atoms with E-state index in [1.54, 1.807) is 0 Å². The fourth-order valence-corrected chi connectivity index (χ4v) is 1.77. The highest BCUT2D eigenvalue weighted by Crippen LogP contribution is 2.30. The van der Waals surface area contributed by atoms with Crippen LogP contribution in [0.5, 0.6) is 0 Å². The molecule has 0 fully saturated rings. The average molecular weight is 263 g/mol. The van der Waals surface area contributed by atoms with Gasteiger partial charge in [-0.3, -0.25) is 0 Å². The van der Waals surface area contributed by atoms with Crippen molar-refractivity contribution in [3.8, 4) is 11.1 Å². The van der Waals surface area contributed by atoms with Crippen molar-refractivity contribution in [1.29, 1.82) is 0 Å². The van der Waals surface area contributed by atoms with Crippen LogP contribution in [0.1, 0.15) is 10.4 Å². The van der Waals surface area contributed by atoms with Crippen LogP contribution in [0, 0.1) is 11.6 Å². The maximum atomic E-state index is 13.5. The zero-order valence-corrected chi connectivity index (χ0v) is 10.1. The molecule has 2 aromatic rings. The Hall–Kier alpha value is -2.43. The van der Waals surface area contributed by atoms with E-state index in [1.807, 2.05) is 0 Å². The summed E-state index contributed by atoms with van der Waals surface area (Å²) in [5.41, 5.74) is 6.72. The number of halogens is 2. The van der Waals surface area contributed by atoms with Gasteiger partial charge in [-0.1, -0.05) is 12.1 Å². The number of hydrogen-bond donors (Lipinski definition) is 1. The highest BCUT2D eigenvalue weighted by molar-refractivity contribution is 5.99. The first kappa shape index (κ1) is 13.0. The molecule has 5 heteroatoms. The van der Waals surface area contributed by atoms with Crippen LogP contribution in [0.3, 0.4) is 0 Å². The topological polar surface area (TPSA) is 52.3 Å². The molecule has 0 aliphatic rings. The normalized spacial score (nSPS) is 10.3. The van der Waals surface area contributed by atoms with Crippen LogP contribution in [0.15, 0.2) is 36.4 Å². The number of ether oxygens (including phenoxy) is 1. The predicted molar refractivity (Wildman–Crippen MR) is 67.5 cm³/mol. The van der Waals surface area contributed by atoms with E-state index in [-0.39, 0.29) is 11.3 Å². The van der Waals surface area contributed by atoms with Gasteiger partial charge in [-0.2, -0.15) is 0 Å². The maximum Gasteiger partial charge on any atom is 0.340 e. The van der Waals surface area contributed by atoms with E-state index in [0.29, 0.717) is 11.1 Å². The van der Waals surface area contributed by atoms with Gasteiger partial charge in [0.25, 0.3) is 0 Å². The van der Waals surface area contributed by atoms with Crippen molar-refractivity contribution >= 4 is 11.7 Å². The molecule has 0 saturated heterocycles. The molecule has 2 rings (SSSR count). The first-order valence-electron chi connectivity index (χ1n) is 5.46. The van der Waals surface area contributed by atoms with Crippen LogP contribution in [-0.2, 0) is 4.74 Å². The quantitative estimate of drug-likeness (QED) is 0.669. The summed E-state index contributed by atoms with van der Waals surface area (Å²) in [7, 11) is 1.18. The summed E-state index contributed by atoms with van der Waals surface area (Å²) < 4.78 is 30.9. The number of nitrogens with two attached hydrogens (primary N) is 1. The molecule has 2 aromatic carbocycles. The fourth-order valence-electron chi connectivity index (χ4n) is 1.77. The first-order chi connectivity index (χ1) is 9.02. The SMILES string of the molecule is COC(=O)c1cc(F)cc(-c2ccc(F)cc2)c1N. The zero-order chi connectivity index (χ0) is 14.0. The smallest absolute Gasteiger partial charge is 0.340 e. The molecule has 0 unspecified atom stereocenters. The van der Waals surface area contributed by atoms with Gasteiger partial charge in [0.2, 0.25) is 0 Å². The number of benzene rings is 2. The molecule has 0 saturated carbocycles. The molecule has 0 atom stereocenters. The van der Waals surface area contributed by atoms with Gasteiger partial charge in [0.15, 0.2) is 0 Å². The Labute approximate surface area is 108 Å². The highest BCUT2D eigenvalue weighted by Gasteiger charge is 2.16. The monoisotopic (exact) mass is 263 g/mol. The standard InChI is InChI=1S/C14H11F2NO2/c1-19-14(18)12-7-10(16)6-11(13(12)17)8-2-4-9(15)5-3-8/h2-7H,17H2,1H3. The Morgan fingerprint density at radius 2 is 1.74 bits per heavy atom. The van der Waals surface area contributed by atoms with Crippen LogP contribution in [-0.4, -0.2) is 13.1 Å². The highest BCUT2D eigenvalue weighted by atomic mass is 19.1. The van der Waals surface area contributed by atoms with E-state index in [0.717, 1.165) is 6.07 Å². The Balaban J connectivity index is 2.60. The minimum Gasteiger partial charge on any atom is -0.465 e. The van der Waals surface area contributed by atoms with Gasteiger partial charge in [-0.25, -0.2) is 13.6 Å². The molecule has 0 radical (unpaired) electrons. The molecule has 0 bridgehead atoms. The Morgan fingerprint density at radius 1 is 1.11 bits per heavy atom. The van der Waals surface area contributed by atoms with Crippen LogP contribution in [0.2, 0.25) is 0 Å². The molecule has 0 spiro atoms. The molecule has 0 heterocycles. The maximum absolute atomic E-state index is 13.5. The van der Waals surface area contributed by atoms with Crippen molar-refractivity contribution in [2.75, 3.05) is 12.8 Å². The number of esters is 1. The molecular formula is C14H11F2NO2. The number of carbonyl (C=O) groups excluding carboxylic acids is 1. The second-order valence-electron chi connectivity index (χ2n) is 3.91. The molecule has 19 heavy (non-hydrogen) atoms. The zero-order valence-electron chi connectivity index (χ0n) is 10.1. The van der Waals surface area contributed by atoms with Crippen molar-refractivity contribution in [2.24, 2.45) is 0 Å². The lowest BCUT2D eigenvalue weighted by atomic mass is 10.00. The molecule has 0 aliphatic heterocycles. The molecule has 98 valence electrons. The second-order valence-corrected chi connectivity index (χ2v) is 3.91. The van der Waals surface area contributed by atoms with Gasteiger partial charge in [0.05, 0.1) is 18.4 Å². The largest absolute Gasteiger partial charge is 0.465 e. The molecule has 0 aliphatic carbocycles. The third-order valence-corrected chi connectivity index (χ3v) is 2.71. The minimum absolute atomic E-state index is 0.0539. The van der Waals surface area contributed by atoms with Gasteiger partial charge < -0.3 is 10.5 Å². The lowest BCUT2D eigenvalue weighted by Gasteiger charge is -2.10. The van der Waals surface area contributed by atoms with E-state index in [9.17, 15) is 13.6 Å². The van der Waals surface area contributed by atoms with Gasteiger partial charge in [-0.15, -0.1) is 0 Å². The number of carbonyl (C=O) groups is 1. The van der Waals surface area contributed by atoms with Crippen molar-refractivity contribution in [3.63, 3.8) is 0 Å². The molecular weight excluding hydrogens is 252 g/mol. The summed E-state index contributed by atoms with van der Waals surface area (Å²) in [6, 6.07) is 7.58. The van der Waals surface area contributed by atoms with E-state index >= 15 is 0 Å². The van der Waals surface area contributed by atoms with Crippen LogP contribution in [0.25, 0.3) is 11.1 Å². The van der Waals surface area contributed by atoms with Gasteiger partial charge >= 0.3 is 5.97 Å². The van der Waals surface area contributed by atoms with Crippen LogP contribution >= 0.6 is 0 Å². The summed E-state index contributed by atoms with van der Waals surface area (Å²) >= 11 is 0. The minimum atomic E-state index is -0.722. The van der Waals surface area contributed by atoms with E-state index < -0.39 is 17.6 Å². The lowest BCUT2D eigenvalue weighted by molar-refractivity contribution is 0.0601. The summed E-state index contributed by atoms with van der Waals surface area (Å²) in [5, 5.41) is 0. The summed E-state index contributed by atoms with van der Waals surface area (Å²) in [4.78, 5) is 11.5. The average Bonchev–Trinajstić information content (AvgIpc) is 2.41. The second kappa shape index (κ2) is 5.06. The third-order valence-electron chi connectivity index (χ3n) is 2.71. The van der Waals surface area contributed by atoms with Crippen LogP contribution in [0.4, 0.5) is 14.5 Å².